The zero-order valence-corrected chi connectivity index (χ0v) is 14.5. The normalized spacial score (nSPS) is 23.8. The van der Waals surface area contributed by atoms with Gasteiger partial charge >= 0.3 is 0 Å². The minimum absolute atomic E-state index is 0.314. The molecule has 2 fully saturated rings. The van der Waals surface area contributed by atoms with Crippen LogP contribution < -0.4 is 10.1 Å². The summed E-state index contributed by atoms with van der Waals surface area (Å²) in [4.78, 5) is 15.5. The number of hydrogen-bond donors (Lipinski definition) is 1. The Labute approximate surface area is 139 Å². The number of piperazine rings is 1. The summed E-state index contributed by atoms with van der Waals surface area (Å²) >= 11 is 0. The Morgan fingerprint density at radius 1 is 1.35 bits per heavy atom. The highest BCUT2D eigenvalue weighted by Crippen LogP contribution is 2.44. The fourth-order valence-electron chi connectivity index (χ4n) is 4.14. The summed E-state index contributed by atoms with van der Waals surface area (Å²) in [6.45, 7) is 6.71. The maximum atomic E-state index is 13.4. The number of nitrogens with one attached hydrogen (secondary N) is 1. The molecule has 1 aromatic carbocycles. The summed E-state index contributed by atoms with van der Waals surface area (Å²) in [5, 5.41) is 3.42. The minimum Gasteiger partial charge on any atom is -0.496 e. The van der Waals surface area contributed by atoms with E-state index in [-0.39, 0.29) is 5.41 Å². The first-order valence-corrected chi connectivity index (χ1v) is 8.75. The van der Waals surface area contributed by atoms with Crippen LogP contribution in [0.3, 0.4) is 0 Å². The minimum atomic E-state index is -0.349. The lowest BCUT2D eigenvalue weighted by Crippen LogP contribution is -2.56. The van der Waals surface area contributed by atoms with Crippen molar-refractivity contribution >= 4 is 5.91 Å². The van der Waals surface area contributed by atoms with Gasteiger partial charge in [-0.1, -0.05) is 25.0 Å². The number of benzene rings is 1. The summed E-state index contributed by atoms with van der Waals surface area (Å²) in [5.41, 5.74) is 1.90. The molecule has 0 spiro atoms. The first-order valence-electron chi connectivity index (χ1n) is 8.75. The van der Waals surface area contributed by atoms with Crippen LogP contribution in [0.5, 0.6) is 5.75 Å². The lowest BCUT2D eigenvalue weighted by Gasteiger charge is -2.39. The molecule has 1 saturated carbocycles. The van der Waals surface area contributed by atoms with E-state index < -0.39 is 0 Å². The molecule has 1 aromatic rings. The molecule has 4 nitrogen and oxygen atoms in total. The maximum Gasteiger partial charge on any atom is 0.233 e. The topological polar surface area (TPSA) is 41.6 Å². The molecule has 1 amide bonds. The number of rotatable bonds is 3. The molecule has 0 radical (unpaired) electrons. The molecule has 1 heterocycles. The monoisotopic (exact) mass is 316 g/mol. The molecule has 1 aliphatic carbocycles. The van der Waals surface area contributed by atoms with Gasteiger partial charge in [-0.3, -0.25) is 4.79 Å². The van der Waals surface area contributed by atoms with E-state index in [0.29, 0.717) is 11.9 Å². The molecule has 1 N–H and O–H groups in total. The van der Waals surface area contributed by atoms with E-state index in [1.807, 2.05) is 6.92 Å². The summed E-state index contributed by atoms with van der Waals surface area (Å²) in [6, 6.07) is 6.68. The third-order valence-corrected chi connectivity index (χ3v) is 5.48. The highest BCUT2D eigenvalue weighted by molar-refractivity contribution is 5.89. The molecule has 3 rings (SSSR count). The van der Waals surface area contributed by atoms with Gasteiger partial charge in [-0.25, -0.2) is 0 Å². The van der Waals surface area contributed by atoms with E-state index in [0.717, 1.165) is 62.2 Å². The second kappa shape index (κ2) is 6.52. The fourth-order valence-corrected chi connectivity index (χ4v) is 4.14. The Hall–Kier alpha value is -1.55. The Bertz CT molecular complexity index is 579. The van der Waals surface area contributed by atoms with Gasteiger partial charge in [0, 0.05) is 25.7 Å². The van der Waals surface area contributed by atoms with Crippen molar-refractivity contribution in [3.8, 4) is 5.75 Å². The third-order valence-electron chi connectivity index (χ3n) is 5.48. The number of carbonyl (C=O) groups excluding carboxylic acids is 1. The fraction of sp³-hybridized carbons (Fsp3) is 0.632. The molecule has 126 valence electrons. The zero-order chi connectivity index (χ0) is 16.4. The molecule has 1 aliphatic heterocycles. The first kappa shape index (κ1) is 16.3. The predicted molar refractivity (Wildman–Crippen MR) is 91.9 cm³/mol. The largest absolute Gasteiger partial charge is 0.496 e. The molecule has 1 saturated heterocycles. The average Bonchev–Trinajstić information content (AvgIpc) is 3.05. The Morgan fingerprint density at radius 3 is 2.74 bits per heavy atom. The number of ether oxygens (including phenoxy) is 1. The smallest absolute Gasteiger partial charge is 0.233 e. The third kappa shape index (κ3) is 2.97. The van der Waals surface area contributed by atoms with Crippen LogP contribution in [0, 0.1) is 6.92 Å². The van der Waals surface area contributed by atoms with Crippen LogP contribution in [-0.4, -0.2) is 43.6 Å². The Kier molecular flexibility index (Phi) is 4.62. The number of methoxy groups -OCH3 is 1. The highest BCUT2D eigenvalue weighted by atomic mass is 16.5. The predicted octanol–water partition coefficient (Wildman–Crippen LogP) is 2.64. The standard InChI is InChI=1S/C19H28N2O2/c1-14-6-7-16(12-17(14)23-3)19(8-4-5-9-19)18(22)21-11-10-20-15(2)13-21/h6-7,12,15,20H,4-5,8-11,13H2,1-3H3. The number of carbonyl (C=O) groups is 1. The van der Waals surface area contributed by atoms with E-state index in [9.17, 15) is 4.79 Å². The van der Waals surface area contributed by atoms with Gasteiger partial charge in [0.15, 0.2) is 0 Å². The van der Waals surface area contributed by atoms with Gasteiger partial charge in [0.05, 0.1) is 12.5 Å². The van der Waals surface area contributed by atoms with Gasteiger partial charge in [-0.15, -0.1) is 0 Å². The summed E-state index contributed by atoms with van der Waals surface area (Å²) in [6.07, 6.45) is 4.17. The van der Waals surface area contributed by atoms with Gasteiger partial charge in [0.1, 0.15) is 5.75 Å². The van der Waals surface area contributed by atoms with Crippen LogP contribution in [-0.2, 0) is 10.2 Å². The van der Waals surface area contributed by atoms with Gasteiger partial charge in [0.25, 0.3) is 0 Å². The van der Waals surface area contributed by atoms with Crippen LogP contribution in [0.15, 0.2) is 18.2 Å². The van der Waals surface area contributed by atoms with Gasteiger partial charge in [-0.2, -0.15) is 0 Å². The Morgan fingerprint density at radius 2 is 2.09 bits per heavy atom. The van der Waals surface area contributed by atoms with Crippen LogP contribution in [0.2, 0.25) is 0 Å². The van der Waals surface area contributed by atoms with Crippen LogP contribution in [0.1, 0.15) is 43.7 Å². The summed E-state index contributed by atoms with van der Waals surface area (Å²) < 4.78 is 5.50. The number of amides is 1. The zero-order valence-electron chi connectivity index (χ0n) is 14.5. The van der Waals surface area contributed by atoms with Crippen molar-refractivity contribution < 1.29 is 9.53 Å². The van der Waals surface area contributed by atoms with E-state index in [1.54, 1.807) is 7.11 Å². The van der Waals surface area contributed by atoms with Gasteiger partial charge in [0.2, 0.25) is 5.91 Å². The maximum absolute atomic E-state index is 13.4. The SMILES string of the molecule is COc1cc(C2(C(=O)N3CCNC(C)C3)CCCC2)ccc1C. The van der Waals surface area contributed by atoms with E-state index in [1.165, 1.54) is 0 Å². The molecule has 4 heteroatoms. The molecule has 0 bridgehead atoms. The second-order valence-electron chi connectivity index (χ2n) is 7.08. The highest BCUT2D eigenvalue weighted by Gasteiger charge is 2.45. The number of hydrogen-bond acceptors (Lipinski definition) is 3. The van der Waals surface area contributed by atoms with E-state index in [4.69, 9.17) is 4.74 Å². The molecule has 0 aromatic heterocycles. The van der Waals surface area contributed by atoms with Crippen LogP contribution in [0.4, 0.5) is 0 Å². The van der Waals surface area contributed by atoms with E-state index in [2.05, 4.69) is 35.3 Å². The van der Waals surface area contributed by atoms with Crippen molar-refractivity contribution in [1.29, 1.82) is 0 Å². The molecule has 1 unspecified atom stereocenters. The Balaban J connectivity index is 1.94. The van der Waals surface area contributed by atoms with Crippen molar-refractivity contribution in [2.45, 2.75) is 51.0 Å². The lowest BCUT2D eigenvalue weighted by molar-refractivity contribution is -0.138. The van der Waals surface area contributed by atoms with Crippen LogP contribution >= 0.6 is 0 Å². The summed E-state index contributed by atoms with van der Waals surface area (Å²) in [5.74, 6) is 1.20. The van der Waals surface area contributed by atoms with Crippen LogP contribution in [0.25, 0.3) is 0 Å². The molecule has 2 aliphatic rings. The average molecular weight is 316 g/mol. The molecular weight excluding hydrogens is 288 g/mol. The first-order chi connectivity index (χ1) is 11.1. The number of nitrogens with zero attached hydrogens (tertiary/aromatic N) is 1. The van der Waals surface area contributed by atoms with Crippen molar-refractivity contribution in [3.63, 3.8) is 0 Å². The summed E-state index contributed by atoms with van der Waals surface area (Å²) in [7, 11) is 1.70. The molecule has 23 heavy (non-hydrogen) atoms. The molecule has 1 atom stereocenters. The van der Waals surface area contributed by atoms with Gasteiger partial charge < -0.3 is 15.0 Å². The van der Waals surface area contributed by atoms with Crippen molar-refractivity contribution in [2.24, 2.45) is 0 Å². The molecular formula is C19H28N2O2. The lowest BCUT2D eigenvalue weighted by atomic mass is 9.77. The van der Waals surface area contributed by atoms with Gasteiger partial charge in [-0.05, 0) is 43.9 Å². The van der Waals surface area contributed by atoms with Crippen molar-refractivity contribution in [1.82, 2.24) is 10.2 Å². The number of aryl methyl sites for hydroxylation is 1. The second-order valence-corrected chi connectivity index (χ2v) is 7.08. The van der Waals surface area contributed by atoms with Crippen molar-refractivity contribution in [2.75, 3.05) is 26.7 Å². The quantitative estimate of drug-likeness (QED) is 0.932. The van der Waals surface area contributed by atoms with E-state index >= 15 is 0 Å². The van der Waals surface area contributed by atoms with Crippen molar-refractivity contribution in [3.05, 3.63) is 29.3 Å².